The number of anilines is 2. The Bertz CT molecular complexity index is 1430. The zero-order valence-corrected chi connectivity index (χ0v) is 24.9. The monoisotopic (exact) mass is 630 g/mol. The molecule has 2 heterocycles. The second-order valence-electron chi connectivity index (χ2n) is 10.7. The number of para-hydroxylation sites is 1. The predicted molar refractivity (Wildman–Crippen MR) is 157 cm³/mol. The molecule has 15 heteroatoms. The van der Waals surface area contributed by atoms with Crippen molar-refractivity contribution in [2.24, 2.45) is 11.7 Å². The van der Waals surface area contributed by atoms with Crippen molar-refractivity contribution in [2.75, 3.05) is 37.4 Å². The molecule has 0 saturated carbocycles. The highest BCUT2D eigenvalue weighted by atomic mass is 19.1. The third-order valence-electron chi connectivity index (χ3n) is 7.65. The molecule has 2 aliphatic rings. The van der Waals surface area contributed by atoms with Crippen molar-refractivity contribution >= 4 is 41.1 Å². The zero-order valence-electron chi connectivity index (χ0n) is 24.9. The number of ether oxygens (including phenoxy) is 2. The van der Waals surface area contributed by atoms with E-state index < -0.39 is 65.2 Å². The molecule has 0 radical (unpaired) electrons. The molecule has 2 aromatic rings. The summed E-state index contributed by atoms with van der Waals surface area (Å²) in [6, 6.07) is 5.30. The van der Waals surface area contributed by atoms with Crippen molar-refractivity contribution in [2.45, 2.75) is 50.9 Å². The number of alkyl carbamates (subject to hydrolysis) is 1. The van der Waals surface area contributed by atoms with Gasteiger partial charge in [-0.05, 0) is 61.1 Å². The van der Waals surface area contributed by atoms with Gasteiger partial charge in [0.05, 0.1) is 0 Å². The Balaban J connectivity index is 1.70. The molecule has 242 valence electrons. The molecule has 4 rings (SSSR count). The summed E-state index contributed by atoms with van der Waals surface area (Å²) < 4.78 is 39.6. The average Bonchev–Trinajstić information content (AvgIpc) is 3.40. The lowest BCUT2D eigenvalue weighted by molar-refractivity contribution is -0.145. The summed E-state index contributed by atoms with van der Waals surface area (Å²) in [4.78, 5) is 66.4. The lowest BCUT2D eigenvalue weighted by atomic mass is 9.90. The standard InChI is InChI=1S/C30H36F2N6O7/c1-16(45-30(43)34-2)27(40)36-24(17-9-12-44-13-10-17)29(42)38-15-18-6-7-19(35-23(39)8-11-33)14-20(18)26(38)28(41)37-25-21(31)4-3-5-22(25)32/h3-7,14,16-17,24,26H,8-13,15,33H2,1-2H3,(H,34,43)(H,35,39)(H,36,40)(H,37,41)/t16-,24-,26-/m0/s1. The third kappa shape index (κ3) is 7.91. The van der Waals surface area contributed by atoms with Gasteiger partial charge in [-0.2, -0.15) is 0 Å². The van der Waals surface area contributed by atoms with Crippen LogP contribution in [-0.4, -0.2) is 73.6 Å². The first-order valence-corrected chi connectivity index (χ1v) is 14.5. The maximum Gasteiger partial charge on any atom is 0.407 e. The summed E-state index contributed by atoms with van der Waals surface area (Å²) in [5.74, 6) is -5.08. The van der Waals surface area contributed by atoms with Crippen LogP contribution in [0, 0.1) is 17.6 Å². The summed E-state index contributed by atoms with van der Waals surface area (Å²) in [6.07, 6.45) is -1.22. The van der Waals surface area contributed by atoms with Gasteiger partial charge in [-0.25, -0.2) is 13.6 Å². The minimum atomic E-state index is -1.39. The summed E-state index contributed by atoms with van der Waals surface area (Å²) in [7, 11) is 1.33. The van der Waals surface area contributed by atoms with Crippen LogP contribution in [0.4, 0.5) is 25.0 Å². The molecule has 1 saturated heterocycles. The molecule has 45 heavy (non-hydrogen) atoms. The zero-order chi connectivity index (χ0) is 32.7. The number of nitrogens with two attached hydrogens (primary N) is 1. The SMILES string of the molecule is CNC(=O)O[C@@H](C)C(=O)N[C@H](C(=O)N1Cc2ccc(NC(=O)CCN)cc2[C@H]1C(=O)Nc1c(F)cccc1F)C1CCOCC1. The number of amides is 5. The predicted octanol–water partition coefficient (Wildman–Crippen LogP) is 1.93. The summed E-state index contributed by atoms with van der Waals surface area (Å²) in [5, 5.41) is 9.90. The van der Waals surface area contributed by atoms with E-state index in [1.807, 2.05) is 0 Å². The minimum absolute atomic E-state index is 0.0483. The van der Waals surface area contributed by atoms with E-state index >= 15 is 0 Å². The normalized spacial score (nSPS) is 17.4. The van der Waals surface area contributed by atoms with Gasteiger partial charge < -0.3 is 41.4 Å². The van der Waals surface area contributed by atoms with Gasteiger partial charge in [-0.3, -0.25) is 19.2 Å². The number of hydrogen-bond acceptors (Lipinski definition) is 8. The van der Waals surface area contributed by atoms with Gasteiger partial charge in [0.1, 0.15) is 29.4 Å². The fourth-order valence-corrected chi connectivity index (χ4v) is 5.32. The van der Waals surface area contributed by atoms with E-state index in [1.54, 1.807) is 12.1 Å². The van der Waals surface area contributed by atoms with Crippen LogP contribution in [-0.2, 0) is 35.2 Å². The largest absolute Gasteiger partial charge is 0.436 e. The number of rotatable bonds is 10. The van der Waals surface area contributed by atoms with Crippen LogP contribution in [0.3, 0.4) is 0 Å². The number of hydrogen-bond donors (Lipinski definition) is 5. The van der Waals surface area contributed by atoms with Crippen molar-refractivity contribution in [3.8, 4) is 0 Å². The Morgan fingerprint density at radius 2 is 1.76 bits per heavy atom. The van der Waals surface area contributed by atoms with Crippen LogP contribution in [0.5, 0.6) is 0 Å². The molecule has 3 atom stereocenters. The maximum atomic E-state index is 14.5. The van der Waals surface area contributed by atoms with Crippen molar-refractivity contribution in [1.82, 2.24) is 15.5 Å². The van der Waals surface area contributed by atoms with E-state index in [1.165, 1.54) is 24.9 Å². The molecular formula is C30H36F2N6O7. The Kier molecular flexibility index (Phi) is 11.0. The number of carbonyl (C=O) groups excluding carboxylic acids is 5. The second kappa shape index (κ2) is 14.9. The smallest absolute Gasteiger partial charge is 0.407 e. The van der Waals surface area contributed by atoms with Crippen LogP contribution in [0.2, 0.25) is 0 Å². The number of nitrogens with one attached hydrogen (secondary N) is 4. The van der Waals surface area contributed by atoms with Gasteiger partial charge in [0.25, 0.3) is 11.8 Å². The fraction of sp³-hybridized carbons (Fsp3) is 0.433. The van der Waals surface area contributed by atoms with Crippen molar-refractivity contribution in [3.05, 3.63) is 59.2 Å². The first kappa shape index (κ1) is 33.3. The molecule has 5 amide bonds. The molecule has 13 nitrogen and oxygen atoms in total. The van der Waals surface area contributed by atoms with Crippen LogP contribution >= 0.6 is 0 Å². The van der Waals surface area contributed by atoms with E-state index in [-0.39, 0.29) is 25.4 Å². The van der Waals surface area contributed by atoms with E-state index in [2.05, 4.69) is 21.3 Å². The highest BCUT2D eigenvalue weighted by Crippen LogP contribution is 2.38. The number of carbonyl (C=O) groups is 5. The van der Waals surface area contributed by atoms with E-state index in [0.29, 0.717) is 42.9 Å². The van der Waals surface area contributed by atoms with Gasteiger partial charge in [0.15, 0.2) is 6.10 Å². The first-order chi connectivity index (χ1) is 21.5. The van der Waals surface area contributed by atoms with Gasteiger partial charge in [-0.1, -0.05) is 12.1 Å². The van der Waals surface area contributed by atoms with E-state index in [0.717, 1.165) is 18.2 Å². The quantitative estimate of drug-likeness (QED) is 0.264. The molecule has 0 aromatic heterocycles. The number of benzene rings is 2. The van der Waals surface area contributed by atoms with Gasteiger partial charge in [0, 0.05) is 45.5 Å². The average molecular weight is 631 g/mol. The van der Waals surface area contributed by atoms with Crippen LogP contribution < -0.4 is 27.0 Å². The third-order valence-corrected chi connectivity index (χ3v) is 7.65. The molecule has 2 aromatic carbocycles. The molecule has 0 spiro atoms. The van der Waals surface area contributed by atoms with Crippen LogP contribution in [0.25, 0.3) is 0 Å². The van der Waals surface area contributed by atoms with E-state index in [9.17, 15) is 32.8 Å². The van der Waals surface area contributed by atoms with Crippen LogP contribution in [0.15, 0.2) is 36.4 Å². The van der Waals surface area contributed by atoms with Crippen LogP contribution in [0.1, 0.15) is 43.4 Å². The number of fused-ring (bicyclic) bond motifs is 1. The molecule has 1 fully saturated rings. The van der Waals surface area contributed by atoms with Crippen molar-refractivity contribution in [1.29, 1.82) is 0 Å². The first-order valence-electron chi connectivity index (χ1n) is 14.5. The van der Waals surface area contributed by atoms with Crippen molar-refractivity contribution < 1.29 is 42.2 Å². The minimum Gasteiger partial charge on any atom is -0.436 e. The summed E-state index contributed by atoms with van der Waals surface area (Å²) in [5.41, 5.74) is 5.97. The van der Waals surface area contributed by atoms with Crippen molar-refractivity contribution in [3.63, 3.8) is 0 Å². The lowest BCUT2D eigenvalue weighted by Gasteiger charge is -2.35. The summed E-state index contributed by atoms with van der Waals surface area (Å²) in [6.45, 7) is 2.04. The van der Waals surface area contributed by atoms with Gasteiger partial charge in [0.2, 0.25) is 11.8 Å². The Labute approximate surface area is 258 Å². The maximum absolute atomic E-state index is 14.5. The molecule has 2 aliphatic heterocycles. The topological polar surface area (TPSA) is 181 Å². The molecule has 0 aliphatic carbocycles. The number of nitrogens with zero attached hydrogens (tertiary/aromatic N) is 1. The molecular weight excluding hydrogens is 594 g/mol. The molecule has 6 N–H and O–H groups in total. The number of halogens is 2. The fourth-order valence-electron chi connectivity index (χ4n) is 5.32. The van der Waals surface area contributed by atoms with E-state index in [4.69, 9.17) is 15.2 Å². The molecule has 0 bridgehead atoms. The second-order valence-corrected chi connectivity index (χ2v) is 10.7. The Morgan fingerprint density at radius 3 is 2.40 bits per heavy atom. The van der Waals surface area contributed by atoms with Gasteiger partial charge in [-0.15, -0.1) is 0 Å². The van der Waals surface area contributed by atoms with Gasteiger partial charge >= 0.3 is 6.09 Å². The lowest BCUT2D eigenvalue weighted by Crippen LogP contribution is -2.55. The highest BCUT2D eigenvalue weighted by Gasteiger charge is 2.44. The Morgan fingerprint density at radius 1 is 1.07 bits per heavy atom. The highest BCUT2D eigenvalue weighted by molar-refractivity contribution is 6.01. The molecule has 0 unspecified atom stereocenters. The Hall–Kier alpha value is -4.63. The summed E-state index contributed by atoms with van der Waals surface area (Å²) >= 11 is 0.